The van der Waals surface area contributed by atoms with Gasteiger partial charge in [-0.2, -0.15) is 0 Å². The lowest BCUT2D eigenvalue weighted by molar-refractivity contribution is -0.135. The molecule has 0 aromatic heterocycles. The molecule has 4 nitrogen and oxygen atoms in total. The van der Waals surface area contributed by atoms with Crippen LogP contribution in [-0.4, -0.2) is 55.0 Å². The molecule has 0 unspecified atom stereocenters. The lowest BCUT2D eigenvalue weighted by Gasteiger charge is -2.36. The van der Waals surface area contributed by atoms with Crippen LogP contribution in [0, 0.1) is 17.8 Å². The molecule has 1 heterocycles. The molecule has 1 aromatic carbocycles. The maximum Gasteiger partial charge on any atom is 0.260 e. The second-order valence-corrected chi connectivity index (χ2v) is 7.32. The van der Waals surface area contributed by atoms with E-state index in [4.69, 9.17) is 4.74 Å². The molecule has 24 heavy (non-hydrogen) atoms. The number of carbonyl (C=O) groups is 1. The van der Waals surface area contributed by atoms with Crippen molar-refractivity contribution in [3.05, 3.63) is 42.5 Å². The third-order valence-corrected chi connectivity index (χ3v) is 5.74. The number of para-hydroxylation sites is 1. The molecule has 0 N–H and O–H groups in total. The van der Waals surface area contributed by atoms with Crippen molar-refractivity contribution < 1.29 is 9.53 Å². The van der Waals surface area contributed by atoms with Crippen molar-refractivity contribution in [1.29, 1.82) is 0 Å². The number of hydrogen-bond donors (Lipinski definition) is 0. The van der Waals surface area contributed by atoms with Gasteiger partial charge < -0.3 is 9.64 Å². The van der Waals surface area contributed by atoms with Crippen molar-refractivity contribution in [3.63, 3.8) is 0 Å². The number of allylic oxidation sites excluding steroid dienone is 2. The van der Waals surface area contributed by atoms with Gasteiger partial charge in [0, 0.05) is 32.7 Å². The Morgan fingerprint density at radius 1 is 1.04 bits per heavy atom. The monoisotopic (exact) mass is 326 g/mol. The number of carbonyl (C=O) groups excluding carboxylic acids is 1. The van der Waals surface area contributed by atoms with Gasteiger partial charge in [0.2, 0.25) is 0 Å². The van der Waals surface area contributed by atoms with Crippen LogP contribution in [0.3, 0.4) is 0 Å². The van der Waals surface area contributed by atoms with Crippen molar-refractivity contribution in [2.45, 2.75) is 12.8 Å². The Morgan fingerprint density at radius 2 is 1.83 bits per heavy atom. The molecule has 4 rings (SSSR count). The van der Waals surface area contributed by atoms with Gasteiger partial charge in [-0.1, -0.05) is 30.4 Å². The van der Waals surface area contributed by atoms with Crippen LogP contribution < -0.4 is 4.74 Å². The van der Waals surface area contributed by atoms with Gasteiger partial charge in [0.25, 0.3) is 5.91 Å². The third-order valence-electron chi connectivity index (χ3n) is 5.74. The number of rotatable bonds is 5. The lowest BCUT2D eigenvalue weighted by atomic mass is 9.93. The van der Waals surface area contributed by atoms with E-state index in [-0.39, 0.29) is 12.5 Å². The van der Waals surface area contributed by atoms with Gasteiger partial charge in [-0.15, -0.1) is 0 Å². The topological polar surface area (TPSA) is 32.8 Å². The van der Waals surface area contributed by atoms with Crippen LogP contribution in [0.15, 0.2) is 42.5 Å². The first-order chi connectivity index (χ1) is 11.8. The first-order valence-corrected chi connectivity index (χ1v) is 9.14. The van der Waals surface area contributed by atoms with Gasteiger partial charge >= 0.3 is 0 Å². The van der Waals surface area contributed by atoms with E-state index in [0.29, 0.717) is 0 Å². The number of ether oxygens (including phenoxy) is 1. The summed E-state index contributed by atoms with van der Waals surface area (Å²) < 4.78 is 5.58. The van der Waals surface area contributed by atoms with E-state index in [1.54, 1.807) is 0 Å². The average Bonchev–Trinajstić information content (AvgIpc) is 3.24. The van der Waals surface area contributed by atoms with Crippen molar-refractivity contribution >= 4 is 5.91 Å². The van der Waals surface area contributed by atoms with Gasteiger partial charge in [-0.3, -0.25) is 9.69 Å². The number of hydrogen-bond acceptors (Lipinski definition) is 3. The van der Waals surface area contributed by atoms with Crippen LogP contribution in [0.25, 0.3) is 0 Å². The first kappa shape index (κ1) is 15.7. The van der Waals surface area contributed by atoms with E-state index < -0.39 is 0 Å². The molecule has 0 spiro atoms. The number of fused-ring (bicyclic) bond motifs is 2. The Hall–Kier alpha value is -1.81. The highest BCUT2D eigenvalue weighted by atomic mass is 16.5. The fourth-order valence-corrected chi connectivity index (χ4v) is 4.37. The Morgan fingerprint density at radius 3 is 2.50 bits per heavy atom. The summed E-state index contributed by atoms with van der Waals surface area (Å²) in [5.74, 6) is 3.35. The molecular weight excluding hydrogens is 300 g/mol. The van der Waals surface area contributed by atoms with E-state index >= 15 is 0 Å². The summed E-state index contributed by atoms with van der Waals surface area (Å²) in [5.41, 5.74) is 0. The molecule has 128 valence electrons. The molecule has 1 aliphatic heterocycles. The minimum absolute atomic E-state index is 0.0985. The molecule has 2 aliphatic carbocycles. The highest BCUT2D eigenvalue weighted by molar-refractivity contribution is 5.77. The number of piperazine rings is 1. The smallest absolute Gasteiger partial charge is 0.260 e. The second-order valence-electron chi connectivity index (χ2n) is 7.32. The van der Waals surface area contributed by atoms with Crippen molar-refractivity contribution in [1.82, 2.24) is 9.80 Å². The highest BCUT2D eigenvalue weighted by Crippen LogP contribution is 2.43. The summed E-state index contributed by atoms with van der Waals surface area (Å²) in [5, 5.41) is 0. The zero-order valence-electron chi connectivity index (χ0n) is 14.1. The van der Waals surface area contributed by atoms with E-state index in [2.05, 4.69) is 17.1 Å². The van der Waals surface area contributed by atoms with Crippen molar-refractivity contribution in [2.24, 2.45) is 17.8 Å². The Balaban J connectivity index is 1.20. The van der Waals surface area contributed by atoms with Gasteiger partial charge in [-0.25, -0.2) is 0 Å². The summed E-state index contributed by atoms with van der Waals surface area (Å²) in [6.07, 6.45) is 7.58. The van der Waals surface area contributed by atoms with Crippen LogP contribution in [0.1, 0.15) is 12.8 Å². The number of benzene rings is 1. The van der Waals surface area contributed by atoms with Crippen LogP contribution >= 0.6 is 0 Å². The van der Waals surface area contributed by atoms with Crippen molar-refractivity contribution in [2.75, 3.05) is 39.3 Å². The molecule has 4 heteroatoms. The fourth-order valence-electron chi connectivity index (χ4n) is 4.37. The lowest BCUT2D eigenvalue weighted by Crippen LogP contribution is -2.51. The summed E-state index contributed by atoms with van der Waals surface area (Å²) in [6, 6.07) is 9.55. The maximum absolute atomic E-state index is 12.3. The molecule has 2 fully saturated rings. The minimum Gasteiger partial charge on any atom is -0.484 e. The van der Waals surface area contributed by atoms with E-state index in [0.717, 1.165) is 49.7 Å². The molecule has 0 radical (unpaired) electrons. The van der Waals surface area contributed by atoms with Crippen LogP contribution in [0.4, 0.5) is 0 Å². The van der Waals surface area contributed by atoms with Gasteiger partial charge in [0.05, 0.1) is 0 Å². The zero-order valence-corrected chi connectivity index (χ0v) is 14.1. The second kappa shape index (κ2) is 6.98. The van der Waals surface area contributed by atoms with Gasteiger partial charge in [0.15, 0.2) is 6.61 Å². The van der Waals surface area contributed by atoms with Crippen LogP contribution in [0.5, 0.6) is 5.75 Å². The standard InChI is InChI=1S/C20H26N2O2/c23-20(15-24-19-4-2-1-3-5-19)22-10-8-21(9-11-22)14-18-13-16-6-7-17(18)12-16/h1-7,16-18H,8-15H2/t16-,17+,18-/m0/s1. The first-order valence-electron chi connectivity index (χ1n) is 9.14. The SMILES string of the molecule is O=C(COc1ccccc1)N1CCN(C[C@@H]2C[C@H]3C=C[C@@H]2C3)CC1. The van der Waals surface area contributed by atoms with E-state index in [1.165, 1.54) is 19.4 Å². The highest BCUT2D eigenvalue weighted by Gasteiger charge is 2.36. The third kappa shape index (κ3) is 3.48. The summed E-state index contributed by atoms with van der Waals surface area (Å²) >= 11 is 0. The number of nitrogens with zero attached hydrogens (tertiary/aromatic N) is 2. The molecule has 3 atom stereocenters. The predicted octanol–water partition coefficient (Wildman–Crippen LogP) is 2.42. The number of amides is 1. The fraction of sp³-hybridized carbons (Fsp3) is 0.550. The zero-order chi connectivity index (χ0) is 16.4. The normalized spacial score (nSPS) is 29.2. The predicted molar refractivity (Wildman–Crippen MR) is 93.8 cm³/mol. The van der Waals surface area contributed by atoms with Gasteiger partial charge in [0.1, 0.15) is 5.75 Å². The Kier molecular flexibility index (Phi) is 4.56. The summed E-state index contributed by atoms with van der Waals surface area (Å²) in [7, 11) is 0. The Bertz CT molecular complexity index is 593. The molecule has 1 saturated carbocycles. The van der Waals surface area contributed by atoms with E-state index in [1.807, 2.05) is 35.2 Å². The molecule has 1 saturated heterocycles. The van der Waals surface area contributed by atoms with E-state index in [9.17, 15) is 4.79 Å². The quantitative estimate of drug-likeness (QED) is 0.779. The molecule has 2 bridgehead atoms. The van der Waals surface area contributed by atoms with Gasteiger partial charge in [-0.05, 0) is 42.7 Å². The van der Waals surface area contributed by atoms with Crippen molar-refractivity contribution in [3.8, 4) is 5.75 Å². The Labute approximate surface area is 144 Å². The molecular formula is C20H26N2O2. The van der Waals surface area contributed by atoms with Crippen LogP contribution in [0.2, 0.25) is 0 Å². The minimum atomic E-state index is 0.0985. The largest absolute Gasteiger partial charge is 0.484 e. The summed E-state index contributed by atoms with van der Waals surface area (Å²) in [4.78, 5) is 16.8. The maximum atomic E-state index is 12.3. The average molecular weight is 326 g/mol. The molecule has 1 amide bonds. The van der Waals surface area contributed by atoms with Crippen LogP contribution in [-0.2, 0) is 4.79 Å². The molecule has 3 aliphatic rings. The molecule has 1 aromatic rings. The summed E-state index contributed by atoms with van der Waals surface area (Å²) in [6.45, 7) is 4.99.